The van der Waals surface area contributed by atoms with Crippen LogP contribution >= 0.6 is 0 Å². The number of ether oxygens (including phenoxy) is 2. The van der Waals surface area contributed by atoms with E-state index in [1.807, 2.05) is 18.2 Å². The summed E-state index contributed by atoms with van der Waals surface area (Å²) in [6, 6.07) is 5.94. The quantitative estimate of drug-likeness (QED) is 0.844. The van der Waals surface area contributed by atoms with Crippen molar-refractivity contribution in [3.05, 3.63) is 35.9 Å². The van der Waals surface area contributed by atoms with E-state index < -0.39 is 0 Å². The van der Waals surface area contributed by atoms with Crippen LogP contribution < -0.4 is 14.8 Å². The van der Waals surface area contributed by atoms with Crippen LogP contribution in [-0.2, 0) is 4.79 Å². The van der Waals surface area contributed by atoms with E-state index in [4.69, 9.17) is 9.47 Å². The lowest BCUT2D eigenvalue weighted by Gasteiger charge is -2.26. The largest absolute Gasteiger partial charge is 0.486 e. The highest BCUT2D eigenvalue weighted by atomic mass is 16.6. The van der Waals surface area contributed by atoms with Crippen molar-refractivity contribution in [3.63, 3.8) is 0 Å². The predicted octanol–water partition coefficient (Wildman–Crippen LogP) is 3.63. The summed E-state index contributed by atoms with van der Waals surface area (Å²) in [5, 5.41) is 3.20. The lowest BCUT2D eigenvalue weighted by molar-refractivity contribution is -0.122. The summed E-state index contributed by atoms with van der Waals surface area (Å²) in [5.74, 6) is 2.37. The van der Waals surface area contributed by atoms with Gasteiger partial charge in [-0.05, 0) is 42.4 Å². The monoisotopic (exact) mass is 315 g/mol. The Kier molecular flexibility index (Phi) is 4.89. The van der Waals surface area contributed by atoms with Crippen molar-refractivity contribution in [1.82, 2.24) is 5.32 Å². The summed E-state index contributed by atoms with van der Waals surface area (Å²) in [7, 11) is 0. The van der Waals surface area contributed by atoms with Crippen LogP contribution in [0.5, 0.6) is 11.5 Å². The minimum absolute atomic E-state index is 0.0105. The molecule has 0 aromatic heterocycles. The first-order valence-corrected chi connectivity index (χ1v) is 8.49. The van der Waals surface area contributed by atoms with Crippen LogP contribution in [0.15, 0.2) is 30.4 Å². The zero-order valence-corrected chi connectivity index (χ0v) is 13.9. The van der Waals surface area contributed by atoms with Crippen molar-refractivity contribution < 1.29 is 14.3 Å². The number of fused-ring (bicyclic) bond motifs is 1. The topological polar surface area (TPSA) is 47.6 Å². The second-order valence-electron chi connectivity index (χ2n) is 6.66. The highest BCUT2D eigenvalue weighted by molar-refractivity contribution is 5.77. The third-order valence-electron chi connectivity index (χ3n) is 4.47. The van der Waals surface area contributed by atoms with Crippen molar-refractivity contribution in [1.29, 1.82) is 0 Å². The number of rotatable bonds is 5. The fraction of sp³-hybridized carbons (Fsp3) is 0.526. The van der Waals surface area contributed by atoms with Gasteiger partial charge in [-0.2, -0.15) is 0 Å². The van der Waals surface area contributed by atoms with Gasteiger partial charge in [0, 0.05) is 6.42 Å². The van der Waals surface area contributed by atoms with Gasteiger partial charge in [0.05, 0.1) is 6.04 Å². The molecule has 2 atom stereocenters. The van der Waals surface area contributed by atoms with E-state index >= 15 is 0 Å². The van der Waals surface area contributed by atoms with Crippen molar-refractivity contribution in [2.24, 2.45) is 11.8 Å². The number of amides is 1. The van der Waals surface area contributed by atoms with Gasteiger partial charge in [-0.25, -0.2) is 0 Å². The minimum atomic E-state index is -0.0105. The van der Waals surface area contributed by atoms with Crippen LogP contribution in [0.4, 0.5) is 0 Å². The second kappa shape index (κ2) is 7.07. The summed E-state index contributed by atoms with van der Waals surface area (Å²) in [6.07, 6.45) is 7.08. The second-order valence-corrected chi connectivity index (χ2v) is 6.66. The number of carbonyl (C=O) groups is 1. The number of hydrogen-bond donors (Lipinski definition) is 1. The zero-order valence-electron chi connectivity index (χ0n) is 13.9. The van der Waals surface area contributed by atoms with E-state index in [1.54, 1.807) is 0 Å². The van der Waals surface area contributed by atoms with Gasteiger partial charge in [-0.1, -0.05) is 32.1 Å². The average molecular weight is 315 g/mol. The Balaban J connectivity index is 1.70. The molecule has 0 fully saturated rings. The van der Waals surface area contributed by atoms with E-state index in [-0.39, 0.29) is 11.9 Å². The molecule has 124 valence electrons. The fourth-order valence-corrected chi connectivity index (χ4v) is 3.22. The molecule has 0 spiro atoms. The lowest BCUT2D eigenvalue weighted by Crippen LogP contribution is -2.32. The minimum Gasteiger partial charge on any atom is -0.486 e. The van der Waals surface area contributed by atoms with E-state index in [1.165, 1.54) is 0 Å². The molecule has 1 aromatic carbocycles. The molecule has 1 amide bonds. The highest BCUT2D eigenvalue weighted by Crippen LogP contribution is 2.34. The van der Waals surface area contributed by atoms with Crippen molar-refractivity contribution in [3.8, 4) is 11.5 Å². The Morgan fingerprint density at radius 1 is 1.26 bits per heavy atom. The van der Waals surface area contributed by atoms with Gasteiger partial charge in [-0.3, -0.25) is 4.79 Å². The van der Waals surface area contributed by atoms with Gasteiger partial charge in [0.2, 0.25) is 5.91 Å². The Hall–Kier alpha value is -1.97. The van der Waals surface area contributed by atoms with Gasteiger partial charge < -0.3 is 14.8 Å². The van der Waals surface area contributed by atoms with E-state index in [9.17, 15) is 4.79 Å². The third-order valence-corrected chi connectivity index (χ3v) is 4.47. The predicted molar refractivity (Wildman–Crippen MR) is 89.6 cm³/mol. The van der Waals surface area contributed by atoms with E-state index in [0.717, 1.165) is 29.9 Å². The average Bonchev–Trinajstić information content (AvgIpc) is 3.05. The summed E-state index contributed by atoms with van der Waals surface area (Å²) in [6.45, 7) is 5.41. The van der Waals surface area contributed by atoms with Crippen LogP contribution in [0.2, 0.25) is 0 Å². The SMILES string of the molecule is CC(C)C(NC(=O)CC1C=CCC1)c1ccc2c(c1)OCCO2. The van der Waals surface area contributed by atoms with Crippen LogP contribution in [0, 0.1) is 11.8 Å². The molecule has 0 saturated heterocycles. The van der Waals surface area contributed by atoms with Crippen LogP contribution in [-0.4, -0.2) is 19.1 Å². The summed E-state index contributed by atoms with van der Waals surface area (Å²) in [5.41, 5.74) is 1.07. The highest BCUT2D eigenvalue weighted by Gasteiger charge is 2.23. The maximum Gasteiger partial charge on any atom is 0.221 e. The molecular formula is C19H25NO3. The molecular weight excluding hydrogens is 290 g/mol. The first-order valence-electron chi connectivity index (χ1n) is 8.49. The number of nitrogens with one attached hydrogen (secondary N) is 1. The van der Waals surface area contributed by atoms with Gasteiger partial charge in [0.25, 0.3) is 0 Å². The summed E-state index contributed by atoms with van der Waals surface area (Å²) in [4.78, 5) is 12.4. The van der Waals surface area contributed by atoms with Gasteiger partial charge in [-0.15, -0.1) is 0 Å². The molecule has 0 radical (unpaired) electrons. The molecule has 0 saturated carbocycles. The van der Waals surface area contributed by atoms with E-state index in [0.29, 0.717) is 31.5 Å². The smallest absolute Gasteiger partial charge is 0.221 e. The first-order chi connectivity index (χ1) is 11.1. The van der Waals surface area contributed by atoms with Crippen molar-refractivity contribution in [2.75, 3.05) is 13.2 Å². The lowest BCUT2D eigenvalue weighted by atomic mass is 9.94. The Labute approximate surface area is 137 Å². The number of hydrogen-bond acceptors (Lipinski definition) is 3. The zero-order chi connectivity index (χ0) is 16.2. The standard InChI is InChI=1S/C19H25NO3/c1-13(2)19(20-18(21)11-14-5-3-4-6-14)15-7-8-16-17(12-15)23-10-9-22-16/h3,5,7-8,12-14,19H,4,6,9-11H2,1-2H3,(H,20,21). The molecule has 23 heavy (non-hydrogen) atoms. The number of benzene rings is 1. The van der Waals surface area contributed by atoms with Gasteiger partial charge >= 0.3 is 0 Å². The number of carbonyl (C=O) groups excluding carboxylic acids is 1. The fourth-order valence-electron chi connectivity index (χ4n) is 3.22. The molecule has 3 rings (SSSR count). The van der Waals surface area contributed by atoms with Gasteiger partial charge in [0.1, 0.15) is 13.2 Å². The molecule has 1 N–H and O–H groups in total. The first kappa shape index (κ1) is 15.9. The molecule has 1 aromatic rings. The summed E-state index contributed by atoms with van der Waals surface area (Å²) >= 11 is 0. The normalized spacial score (nSPS) is 20.6. The molecule has 1 aliphatic carbocycles. The van der Waals surface area contributed by atoms with Crippen molar-refractivity contribution >= 4 is 5.91 Å². The Bertz CT molecular complexity index is 594. The maximum absolute atomic E-state index is 12.4. The molecule has 2 unspecified atom stereocenters. The van der Waals surface area contributed by atoms with E-state index in [2.05, 4.69) is 31.3 Å². The van der Waals surface area contributed by atoms with Gasteiger partial charge in [0.15, 0.2) is 11.5 Å². The Morgan fingerprint density at radius 3 is 2.74 bits per heavy atom. The third kappa shape index (κ3) is 3.87. The molecule has 1 aliphatic heterocycles. The Morgan fingerprint density at radius 2 is 2.04 bits per heavy atom. The number of allylic oxidation sites excluding steroid dienone is 2. The molecule has 4 heteroatoms. The van der Waals surface area contributed by atoms with Crippen LogP contribution in [0.3, 0.4) is 0 Å². The van der Waals surface area contributed by atoms with Crippen LogP contribution in [0.1, 0.15) is 44.7 Å². The molecule has 4 nitrogen and oxygen atoms in total. The maximum atomic E-state index is 12.4. The summed E-state index contributed by atoms with van der Waals surface area (Å²) < 4.78 is 11.2. The van der Waals surface area contributed by atoms with Crippen LogP contribution in [0.25, 0.3) is 0 Å². The van der Waals surface area contributed by atoms with Crippen molar-refractivity contribution in [2.45, 2.75) is 39.2 Å². The molecule has 1 heterocycles. The molecule has 0 bridgehead atoms. The molecule has 2 aliphatic rings.